The molecule has 0 aliphatic carbocycles. The van der Waals surface area contributed by atoms with Gasteiger partial charge in [-0.25, -0.2) is 0 Å². The van der Waals surface area contributed by atoms with Crippen LogP contribution in [0, 0.1) is 13.8 Å². The Labute approximate surface area is 188 Å². The van der Waals surface area contributed by atoms with E-state index in [-0.39, 0.29) is 17.2 Å². The van der Waals surface area contributed by atoms with Crippen molar-refractivity contribution in [1.82, 2.24) is 0 Å². The topological polar surface area (TPSA) is 49.4 Å². The van der Waals surface area contributed by atoms with Gasteiger partial charge in [-0.3, -0.25) is 14.5 Å². The summed E-state index contributed by atoms with van der Waals surface area (Å²) < 4.78 is 0.855. The van der Waals surface area contributed by atoms with Crippen LogP contribution < -0.4 is 10.2 Å². The van der Waals surface area contributed by atoms with Gasteiger partial charge in [-0.05, 0) is 73.0 Å². The van der Waals surface area contributed by atoms with Crippen LogP contribution >= 0.6 is 27.7 Å². The van der Waals surface area contributed by atoms with Crippen molar-refractivity contribution >= 4 is 50.9 Å². The van der Waals surface area contributed by atoms with Gasteiger partial charge in [0.25, 0.3) is 5.91 Å². The smallest absolute Gasteiger partial charge is 0.255 e. The lowest BCUT2D eigenvalue weighted by Crippen LogP contribution is -2.28. The molecule has 1 atom stereocenters. The van der Waals surface area contributed by atoms with Crippen molar-refractivity contribution in [1.29, 1.82) is 0 Å². The number of nitrogens with zero attached hydrogens (tertiary/aromatic N) is 1. The Morgan fingerprint density at radius 2 is 1.77 bits per heavy atom. The highest BCUT2D eigenvalue weighted by Crippen LogP contribution is 2.42. The van der Waals surface area contributed by atoms with Crippen LogP contribution in [-0.4, -0.2) is 17.6 Å². The number of thioether (sulfide) groups is 1. The zero-order chi connectivity index (χ0) is 21.3. The highest BCUT2D eigenvalue weighted by Gasteiger charge is 2.34. The second-order valence-corrected chi connectivity index (χ2v) is 9.35. The van der Waals surface area contributed by atoms with Crippen LogP contribution in [0.1, 0.15) is 32.4 Å². The van der Waals surface area contributed by atoms with E-state index in [0.29, 0.717) is 17.0 Å². The summed E-state index contributed by atoms with van der Waals surface area (Å²) in [4.78, 5) is 27.2. The molecule has 0 aromatic heterocycles. The lowest BCUT2D eigenvalue weighted by molar-refractivity contribution is -0.115. The van der Waals surface area contributed by atoms with Crippen molar-refractivity contribution in [2.24, 2.45) is 0 Å². The molecular weight excluding hydrogens is 460 g/mol. The average Bonchev–Trinajstić information content (AvgIpc) is 3.09. The molecule has 3 aromatic carbocycles. The van der Waals surface area contributed by atoms with Crippen LogP contribution in [0.4, 0.5) is 11.4 Å². The third-order valence-electron chi connectivity index (χ3n) is 4.87. The minimum absolute atomic E-state index is 0.0959. The first-order valence-corrected chi connectivity index (χ1v) is 11.4. The predicted octanol–water partition coefficient (Wildman–Crippen LogP) is 6.10. The van der Waals surface area contributed by atoms with Gasteiger partial charge in [-0.2, -0.15) is 0 Å². The van der Waals surface area contributed by atoms with Crippen LogP contribution in [0.25, 0.3) is 0 Å². The van der Waals surface area contributed by atoms with Crippen LogP contribution in [-0.2, 0) is 4.79 Å². The molecule has 152 valence electrons. The molecule has 1 N–H and O–H groups in total. The summed E-state index contributed by atoms with van der Waals surface area (Å²) in [5.41, 5.74) is 5.44. The Kier molecular flexibility index (Phi) is 5.97. The molecule has 3 aromatic rings. The molecule has 2 amide bonds. The molecule has 0 saturated carbocycles. The maximum Gasteiger partial charge on any atom is 0.255 e. The second kappa shape index (κ2) is 8.66. The third-order valence-corrected chi connectivity index (χ3v) is 6.57. The van der Waals surface area contributed by atoms with E-state index in [0.717, 1.165) is 26.9 Å². The lowest BCUT2D eigenvalue weighted by Gasteiger charge is -2.25. The van der Waals surface area contributed by atoms with Crippen molar-refractivity contribution in [3.8, 4) is 0 Å². The van der Waals surface area contributed by atoms with E-state index in [2.05, 4.69) is 27.3 Å². The molecule has 1 heterocycles. The second-order valence-electron chi connectivity index (χ2n) is 7.36. The van der Waals surface area contributed by atoms with Gasteiger partial charge in [0.1, 0.15) is 5.37 Å². The minimum Gasteiger partial charge on any atom is -0.322 e. The van der Waals surface area contributed by atoms with E-state index < -0.39 is 0 Å². The number of hydrogen-bond donors (Lipinski definition) is 1. The van der Waals surface area contributed by atoms with E-state index in [4.69, 9.17) is 0 Å². The van der Waals surface area contributed by atoms with Crippen LogP contribution in [0.2, 0.25) is 0 Å². The van der Waals surface area contributed by atoms with Crippen LogP contribution in [0.5, 0.6) is 0 Å². The highest BCUT2D eigenvalue weighted by molar-refractivity contribution is 9.10. The molecule has 30 heavy (non-hydrogen) atoms. The number of carbonyl (C=O) groups is 2. The number of hydrogen-bond acceptors (Lipinski definition) is 3. The molecule has 1 aliphatic heterocycles. The highest BCUT2D eigenvalue weighted by atomic mass is 79.9. The number of carbonyl (C=O) groups excluding carboxylic acids is 2. The molecule has 0 unspecified atom stereocenters. The van der Waals surface area contributed by atoms with Gasteiger partial charge in [-0.1, -0.05) is 40.2 Å². The molecular formula is C24H21BrN2O2S. The SMILES string of the molecule is Cc1cc(C)cc(N2C(=O)CS[C@H]2c2cccc(NC(=O)c3cccc(Br)c3)c2)c1. The summed E-state index contributed by atoms with van der Waals surface area (Å²) in [5, 5.41) is 2.84. The van der Waals surface area contributed by atoms with Crippen LogP contribution in [0.3, 0.4) is 0 Å². The van der Waals surface area contributed by atoms with Gasteiger partial charge in [0, 0.05) is 21.4 Å². The molecule has 1 aliphatic rings. The Morgan fingerprint density at radius 3 is 2.50 bits per heavy atom. The number of amides is 2. The molecule has 1 fully saturated rings. The summed E-state index contributed by atoms with van der Waals surface area (Å²) in [6.07, 6.45) is 0. The number of aryl methyl sites for hydroxylation is 2. The van der Waals surface area contributed by atoms with Crippen molar-refractivity contribution in [2.45, 2.75) is 19.2 Å². The third kappa shape index (κ3) is 4.45. The van der Waals surface area contributed by atoms with E-state index in [9.17, 15) is 9.59 Å². The monoisotopic (exact) mass is 480 g/mol. The number of nitrogens with one attached hydrogen (secondary N) is 1. The number of benzene rings is 3. The fourth-order valence-corrected chi connectivity index (χ4v) is 5.21. The average molecular weight is 481 g/mol. The van der Waals surface area contributed by atoms with Crippen molar-refractivity contribution < 1.29 is 9.59 Å². The maximum atomic E-state index is 12.7. The Morgan fingerprint density at radius 1 is 1.03 bits per heavy atom. The zero-order valence-electron chi connectivity index (χ0n) is 16.7. The Hall–Kier alpha value is -2.57. The quantitative estimate of drug-likeness (QED) is 0.490. The van der Waals surface area contributed by atoms with Crippen molar-refractivity contribution in [2.75, 3.05) is 16.0 Å². The zero-order valence-corrected chi connectivity index (χ0v) is 19.1. The largest absolute Gasteiger partial charge is 0.322 e. The van der Waals surface area contributed by atoms with Crippen molar-refractivity contribution in [3.63, 3.8) is 0 Å². The molecule has 0 spiro atoms. The van der Waals surface area contributed by atoms with E-state index in [1.165, 1.54) is 0 Å². The first-order valence-electron chi connectivity index (χ1n) is 9.59. The Bertz CT molecular complexity index is 1110. The van der Waals surface area contributed by atoms with E-state index in [1.807, 2.05) is 67.3 Å². The molecule has 0 radical (unpaired) electrons. The fourth-order valence-electron chi connectivity index (χ4n) is 3.64. The van der Waals surface area contributed by atoms with E-state index in [1.54, 1.807) is 23.9 Å². The van der Waals surface area contributed by atoms with Gasteiger partial charge in [-0.15, -0.1) is 11.8 Å². The predicted molar refractivity (Wildman–Crippen MR) is 127 cm³/mol. The summed E-state index contributed by atoms with van der Waals surface area (Å²) in [5.74, 6) is 0.361. The summed E-state index contributed by atoms with van der Waals surface area (Å²) >= 11 is 5.00. The molecule has 4 nitrogen and oxygen atoms in total. The lowest BCUT2D eigenvalue weighted by atomic mass is 10.1. The minimum atomic E-state index is -0.172. The van der Waals surface area contributed by atoms with Gasteiger partial charge >= 0.3 is 0 Å². The summed E-state index contributed by atoms with van der Waals surface area (Å²) in [6, 6.07) is 21.2. The molecule has 1 saturated heterocycles. The first-order chi connectivity index (χ1) is 14.4. The maximum absolute atomic E-state index is 12.7. The normalized spacial score (nSPS) is 16.0. The van der Waals surface area contributed by atoms with Gasteiger partial charge in [0.05, 0.1) is 5.75 Å². The van der Waals surface area contributed by atoms with E-state index >= 15 is 0 Å². The van der Waals surface area contributed by atoms with Gasteiger partial charge in [0.15, 0.2) is 0 Å². The fraction of sp³-hybridized carbons (Fsp3) is 0.167. The first kappa shape index (κ1) is 20.7. The molecule has 6 heteroatoms. The number of rotatable bonds is 4. The summed E-state index contributed by atoms with van der Waals surface area (Å²) in [6.45, 7) is 4.08. The molecule has 0 bridgehead atoms. The van der Waals surface area contributed by atoms with Gasteiger partial charge < -0.3 is 5.32 Å². The Balaban J connectivity index is 1.61. The summed E-state index contributed by atoms with van der Waals surface area (Å²) in [7, 11) is 0. The standard InChI is InChI=1S/C24H21BrN2O2S/c1-15-9-16(2)11-21(10-15)27-22(28)14-30-24(27)18-6-4-8-20(13-18)26-23(29)17-5-3-7-19(25)12-17/h3-13,24H,14H2,1-2H3,(H,26,29)/t24-/m0/s1. The van der Waals surface area contributed by atoms with Gasteiger partial charge in [0.2, 0.25) is 5.91 Å². The van der Waals surface area contributed by atoms with Crippen molar-refractivity contribution in [3.05, 3.63) is 93.5 Å². The number of halogens is 1. The van der Waals surface area contributed by atoms with Crippen LogP contribution in [0.15, 0.2) is 71.2 Å². The molecule has 4 rings (SSSR count). The number of anilines is 2.